The molecule has 0 saturated carbocycles. The van der Waals surface area contributed by atoms with Crippen LogP contribution < -0.4 is 10.9 Å². The van der Waals surface area contributed by atoms with Gasteiger partial charge < -0.3 is 14.3 Å². The Labute approximate surface area is 187 Å². The first-order chi connectivity index (χ1) is 16.0. The minimum atomic E-state index is -0.529. The summed E-state index contributed by atoms with van der Waals surface area (Å²) in [6, 6.07) is 10.3. The zero-order chi connectivity index (χ0) is 22.9. The van der Waals surface area contributed by atoms with Gasteiger partial charge in [-0.05, 0) is 30.2 Å². The number of amides is 1. The lowest BCUT2D eigenvalue weighted by Crippen LogP contribution is -2.36. The van der Waals surface area contributed by atoms with E-state index in [-0.39, 0.29) is 23.9 Å². The Hall–Kier alpha value is -4.34. The molecule has 0 aliphatic heterocycles. The smallest absolute Gasteiger partial charge is 0.297 e. The molecular formula is C23H20N6O4. The number of carbonyl (C=O) groups excluding carboxylic acids is 1. The summed E-state index contributed by atoms with van der Waals surface area (Å²) < 4.78 is 12.3. The molecule has 10 nitrogen and oxygen atoms in total. The fourth-order valence-corrected chi connectivity index (χ4v) is 3.60. The van der Waals surface area contributed by atoms with Gasteiger partial charge in [-0.15, -0.1) is 0 Å². The number of aromatic nitrogens is 5. The molecule has 0 aliphatic rings. The van der Waals surface area contributed by atoms with Crippen molar-refractivity contribution in [2.75, 3.05) is 0 Å². The van der Waals surface area contributed by atoms with E-state index in [1.807, 2.05) is 32.0 Å². The van der Waals surface area contributed by atoms with E-state index in [1.54, 1.807) is 30.6 Å². The summed E-state index contributed by atoms with van der Waals surface area (Å²) in [5.41, 5.74) is 1.49. The summed E-state index contributed by atoms with van der Waals surface area (Å²) in [5.74, 6) is 0.260. The van der Waals surface area contributed by atoms with Crippen molar-refractivity contribution in [2.45, 2.75) is 26.4 Å². The molecule has 0 aliphatic carbocycles. The number of fused-ring (bicyclic) bond motifs is 3. The summed E-state index contributed by atoms with van der Waals surface area (Å²) >= 11 is 0. The maximum absolute atomic E-state index is 12.9. The van der Waals surface area contributed by atoms with Crippen molar-refractivity contribution in [1.29, 1.82) is 0 Å². The largest absolute Gasteiger partial charge is 0.448 e. The van der Waals surface area contributed by atoms with Gasteiger partial charge in [0.15, 0.2) is 0 Å². The Bertz CT molecular complexity index is 1500. The van der Waals surface area contributed by atoms with E-state index < -0.39 is 17.5 Å². The predicted molar refractivity (Wildman–Crippen MR) is 119 cm³/mol. The number of pyridine rings is 1. The zero-order valence-electron chi connectivity index (χ0n) is 17.9. The van der Waals surface area contributed by atoms with Gasteiger partial charge in [-0.3, -0.25) is 19.1 Å². The van der Waals surface area contributed by atoms with Crippen LogP contribution in [0.1, 0.15) is 25.8 Å². The summed E-state index contributed by atoms with van der Waals surface area (Å²) in [4.78, 5) is 38.4. The molecule has 0 radical (unpaired) electrons. The van der Waals surface area contributed by atoms with Crippen molar-refractivity contribution in [3.05, 3.63) is 71.4 Å². The molecular weight excluding hydrogens is 424 g/mol. The molecule has 10 heteroatoms. The second-order valence-electron chi connectivity index (χ2n) is 7.93. The highest BCUT2D eigenvalue weighted by Gasteiger charge is 2.25. The Balaban J connectivity index is 1.37. The molecule has 166 valence electrons. The monoisotopic (exact) mass is 444 g/mol. The van der Waals surface area contributed by atoms with E-state index in [1.165, 1.54) is 10.9 Å². The van der Waals surface area contributed by atoms with Crippen LogP contribution in [-0.2, 0) is 11.3 Å². The fraction of sp³-hybridized carbons (Fsp3) is 0.217. The van der Waals surface area contributed by atoms with Gasteiger partial charge in [-0.25, -0.2) is 4.98 Å². The molecule has 1 atom stereocenters. The molecule has 5 rings (SSSR count). The first-order valence-corrected chi connectivity index (χ1v) is 10.4. The molecule has 0 bridgehead atoms. The van der Waals surface area contributed by atoms with Crippen molar-refractivity contribution in [3.63, 3.8) is 0 Å². The van der Waals surface area contributed by atoms with Gasteiger partial charge in [0.05, 0.1) is 6.33 Å². The predicted octanol–water partition coefficient (Wildman–Crippen LogP) is 3.10. The first-order valence-electron chi connectivity index (χ1n) is 10.4. The number of rotatable bonds is 6. The highest BCUT2D eigenvalue weighted by Crippen LogP contribution is 2.25. The second kappa shape index (κ2) is 8.30. The normalized spacial score (nSPS) is 12.5. The average Bonchev–Trinajstić information content (AvgIpc) is 3.45. The minimum absolute atomic E-state index is 0.0348. The van der Waals surface area contributed by atoms with Crippen LogP contribution in [0, 0.1) is 5.92 Å². The topological polar surface area (TPSA) is 129 Å². The van der Waals surface area contributed by atoms with E-state index in [0.29, 0.717) is 16.9 Å². The van der Waals surface area contributed by atoms with Gasteiger partial charge in [0.2, 0.25) is 23.2 Å². The van der Waals surface area contributed by atoms with Gasteiger partial charge in [-0.2, -0.15) is 4.98 Å². The Morgan fingerprint density at radius 3 is 2.73 bits per heavy atom. The van der Waals surface area contributed by atoms with Crippen molar-refractivity contribution < 1.29 is 13.7 Å². The molecule has 4 aromatic heterocycles. The van der Waals surface area contributed by atoms with Gasteiger partial charge in [0, 0.05) is 23.3 Å². The minimum Gasteiger partial charge on any atom is -0.448 e. The molecule has 0 spiro atoms. The molecule has 1 unspecified atom stereocenters. The Kier molecular flexibility index (Phi) is 5.17. The lowest BCUT2D eigenvalue weighted by Gasteiger charge is -2.18. The number of benzene rings is 1. The molecule has 0 fully saturated rings. The maximum atomic E-state index is 12.9. The van der Waals surface area contributed by atoms with Gasteiger partial charge >= 0.3 is 0 Å². The number of furan rings is 1. The van der Waals surface area contributed by atoms with E-state index in [4.69, 9.17) is 8.94 Å². The van der Waals surface area contributed by atoms with Crippen LogP contribution >= 0.6 is 0 Å². The third-order valence-electron chi connectivity index (χ3n) is 5.29. The number of hydrogen-bond acceptors (Lipinski definition) is 8. The van der Waals surface area contributed by atoms with Crippen LogP contribution in [0.15, 0.2) is 68.9 Å². The second-order valence-corrected chi connectivity index (χ2v) is 7.93. The maximum Gasteiger partial charge on any atom is 0.297 e. The lowest BCUT2D eigenvalue weighted by molar-refractivity contribution is -0.123. The molecule has 33 heavy (non-hydrogen) atoms. The molecule has 1 amide bonds. The number of nitrogens with one attached hydrogen (secondary N) is 1. The highest BCUT2D eigenvalue weighted by molar-refractivity contribution is 6.01. The summed E-state index contributed by atoms with van der Waals surface area (Å²) in [5, 5.41) is 7.64. The van der Waals surface area contributed by atoms with E-state index in [9.17, 15) is 9.59 Å². The number of carbonyl (C=O) groups is 1. The van der Waals surface area contributed by atoms with Crippen LogP contribution in [-0.4, -0.2) is 30.6 Å². The van der Waals surface area contributed by atoms with E-state index >= 15 is 0 Å². The van der Waals surface area contributed by atoms with Crippen molar-refractivity contribution in [3.8, 4) is 11.4 Å². The van der Waals surface area contributed by atoms with Crippen LogP contribution in [0.2, 0.25) is 0 Å². The molecule has 4 heterocycles. The molecule has 1 aromatic carbocycles. The number of nitrogens with zero attached hydrogens (tertiary/aromatic N) is 5. The van der Waals surface area contributed by atoms with E-state index in [2.05, 4.69) is 25.4 Å². The summed E-state index contributed by atoms with van der Waals surface area (Å²) in [6.07, 6.45) is 4.63. The van der Waals surface area contributed by atoms with E-state index in [0.717, 1.165) is 10.9 Å². The van der Waals surface area contributed by atoms with Gasteiger partial charge in [0.25, 0.3) is 5.56 Å². The SMILES string of the molecule is CC(C)C(NC(=O)Cn1cnc2c(oc3ccccc32)c1=O)c1nc(-c2ccncc2)no1. The zero-order valence-corrected chi connectivity index (χ0v) is 17.9. The summed E-state index contributed by atoms with van der Waals surface area (Å²) in [7, 11) is 0. The third kappa shape index (κ3) is 3.86. The van der Waals surface area contributed by atoms with Crippen molar-refractivity contribution in [2.24, 2.45) is 5.92 Å². The summed E-state index contributed by atoms with van der Waals surface area (Å²) in [6.45, 7) is 3.62. The van der Waals surface area contributed by atoms with Crippen LogP contribution in [0.3, 0.4) is 0 Å². The molecule has 5 aromatic rings. The van der Waals surface area contributed by atoms with Gasteiger partial charge in [0.1, 0.15) is 23.7 Å². The van der Waals surface area contributed by atoms with Crippen LogP contribution in [0.25, 0.3) is 33.5 Å². The fourth-order valence-electron chi connectivity index (χ4n) is 3.60. The van der Waals surface area contributed by atoms with Crippen LogP contribution in [0.5, 0.6) is 0 Å². The standard InChI is InChI=1S/C23H20N6O4/c1-13(2)18(22-27-21(28-33-22)14-7-9-24-10-8-14)26-17(30)11-29-12-25-19-15-5-3-4-6-16(15)32-20(19)23(29)31/h3-10,12-13,18H,11H2,1-2H3,(H,26,30). The van der Waals surface area contributed by atoms with Crippen LogP contribution in [0.4, 0.5) is 0 Å². The third-order valence-corrected chi connectivity index (χ3v) is 5.29. The Morgan fingerprint density at radius 1 is 1.15 bits per heavy atom. The van der Waals surface area contributed by atoms with Crippen molar-refractivity contribution in [1.82, 2.24) is 30.0 Å². The first kappa shape index (κ1) is 20.6. The Morgan fingerprint density at radius 2 is 1.94 bits per heavy atom. The van der Waals surface area contributed by atoms with Crippen molar-refractivity contribution >= 4 is 28.0 Å². The highest BCUT2D eigenvalue weighted by atomic mass is 16.5. The number of hydrogen-bond donors (Lipinski definition) is 1. The average molecular weight is 444 g/mol. The van der Waals surface area contributed by atoms with Gasteiger partial charge in [-0.1, -0.05) is 31.1 Å². The molecule has 0 saturated heterocycles. The quantitative estimate of drug-likeness (QED) is 0.423. The number of para-hydroxylation sites is 1. The molecule has 1 N–H and O–H groups in total. The lowest BCUT2D eigenvalue weighted by atomic mass is 10.0.